The normalized spacial score (nSPS) is 12.5. The van der Waals surface area contributed by atoms with Gasteiger partial charge in [0, 0.05) is 29.0 Å². The van der Waals surface area contributed by atoms with Gasteiger partial charge in [0.2, 0.25) is 10.6 Å². The molecule has 0 amide bonds. The van der Waals surface area contributed by atoms with Gasteiger partial charge in [-0.1, -0.05) is 103 Å². The van der Waals surface area contributed by atoms with Crippen LogP contribution in [0.3, 0.4) is 0 Å². The van der Waals surface area contributed by atoms with E-state index in [0.29, 0.717) is 0 Å². The van der Waals surface area contributed by atoms with Gasteiger partial charge >= 0.3 is 11.3 Å². The average Bonchev–Trinajstić information content (AvgIpc) is 3.03. The summed E-state index contributed by atoms with van der Waals surface area (Å²) in [7, 11) is 0. The van der Waals surface area contributed by atoms with Crippen LogP contribution in [0.1, 0.15) is 18.5 Å². The molecule has 0 saturated carbocycles. The third-order valence-corrected chi connectivity index (χ3v) is 8.19. The van der Waals surface area contributed by atoms with Gasteiger partial charge in [0.1, 0.15) is 6.04 Å². The Morgan fingerprint density at radius 2 is 1.20 bits per heavy atom. The second-order valence-corrected chi connectivity index (χ2v) is 10.5. The lowest BCUT2D eigenvalue weighted by Gasteiger charge is -2.17. The van der Waals surface area contributed by atoms with Crippen LogP contribution in [0.5, 0.6) is 0 Å². The first-order valence-corrected chi connectivity index (χ1v) is 13.8. The lowest BCUT2D eigenvalue weighted by atomic mass is 9.93. The molecule has 3 nitrogen and oxygen atoms in total. The van der Waals surface area contributed by atoms with Gasteiger partial charge in [-0.15, -0.1) is 0 Å². The van der Waals surface area contributed by atoms with Crippen LogP contribution in [0.4, 0.5) is 0 Å². The van der Waals surface area contributed by atoms with Gasteiger partial charge in [0.15, 0.2) is 0 Å². The molecule has 8 rings (SSSR count). The van der Waals surface area contributed by atoms with E-state index in [0.717, 1.165) is 22.6 Å². The molecule has 0 saturated heterocycles. The Balaban J connectivity index is 1.63. The number of rotatable bonds is 4. The summed E-state index contributed by atoms with van der Waals surface area (Å²) in [6.07, 6.45) is 0. The molecule has 7 aromatic carbocycles. The predicted molar refractivity (Wildman–Crippen MR) is 163 cm³/mol. The largest absolute Gasteiger partial charge is 0.405 e. The monoisotopic (exact) mass is 513 g/mol. The van der Waals surface area contributed by atoms with Crippen LogP contribution < -0.4 is 9.25 Å². The lowest BCUT2D eigenvalue weighted by molar-refractivity contribution is -0.713. The van der Waals surface area contributed by atoms with Crippen LogP contribution in [0.25, 0.3) is 60.4 Å². The van der Waals surface area contributed by atoms with Crippen molar-refractivity contribution in [3.05, 3.63) is 145 Å². The topological polar surface area (TPSA) is 20.6 Å². The van der Waals surface area contributed by atoms with E-state index in [1.54, 1.807) is 0 Å². The van der Waals surface area contributed by atoms with E-state index < -0.39 is 0 Å². The molecule has 0 spiro atoms. The number of benzene rings is 7. The summed E-state index contributed by atoms with van der Waals surface area (Å²) < 4.78 is 4.58. The molecule has 8 aromatic rings. The second-order valence-electron chi connectivity index (χ2n) is 10.5. The van der Waals surface area contributed by atoms with Crippen LogP contribution >= 0.6 is 0 Å². The molecule has 40 heavy (non-hydrogen) atoms. The molecule has 1 atom stereocenters. The molecule has 1 unspecified atom stereocenters. The summed E-state index contributed by atoms with van der Waals surface area (Å²) in [5, 5.41) is 13.0. The van der Waals surface area contributed by atoms with Crippen molar-refractivity contribution < 1.29 is 9.25 Å². The molecule has 0 aliphatic heterocycles. The average molecular weight is 514 g/mol. The third kappa shape index (κ3) is 3.41. The maximum absolute atomic E-state index is 5.40. The van der Waals surface area contributed by atoms with E-state index in [-0.39, 0.29) is 6.04 Å². The number of aromatic nitrogens is 3. The highest BCUT2D eigenvalue weighted by atomic mass is 15.3. The van der Waals surface area contributed by atoms with Gasteiger partial charge in [-0.05, 0) is 52.2 Å². The van der Waals surface area contributed by atoms with Crippen LogP contribution in [-0.2, 0) is 0 Å². The highest BCUT2D eigenvalue weighted by molar-refractivity contribution is 6.27. The summed E-state index contributed by atoms with van der Waals surface area (Å²) in [6.45, 7) is 2.29. The number of nitrogens with zero attached hydrogens (tertiary/aromatic N) is 3. The summed E-state index contributed by atoms with van der Waals surface area (Å²) in [6, 6.07) is 49.9. The number of hydrogen-bond acceptors (Lipinski definition) is 1. The molecule has 0 radical (unpaired) electrons. The van der Waals surface area contributed by atoms with Crippen molar-refractivity contribution in [2.45, 2.75) is 13.0 Å². The van der Waals surface area contributed by atoms with Crippen LogP contribution in [0.15, 0.2) is 140 Å². The molecule has 1 aromatic heterocycles. The third-order valence-electron chi connectivity index (χ3n) is 8.19. The molecular formula is C37H27N3+2. The molecule has 0 aliphatic carbocycles. The van der Waals surface area contributed by atoms with E-state index in [1.807, 2.05) is 0 Å². The van der Waals surface area contributed by atoms with Crippen LogP contribution in [-0.4, -0.2) is 5.10 Å². The molecule has 0 N–H and O–H groups in total. The summed E-state index contributed by atoms with van der Waals surface area (Å²) in [5.74, 6) is 0.934. The first kappa shape index (κ1) is 22.8. The Morgan fingerprint density at radius 3 is 1.93 bits per heavy atom. The lowest BCUT2D eigenvalue weighted by Crippen LogP contribution is -2.50. The highest BCUT2D eigenvalue weighted by Gasteiger charge is 2.35. The van der Waals surface area contributed by atoms with E-state index in [2.05, 4.69) is 156 Å². The molecule has 188 valence electrons. The minimum atomic E-state index is 0.0512. The fourth-order valence-electron chi connectivity index (χ4n) is 6.31. The van der Waals surface area contributed by atoms with Crippen LogP contribution in [0, 0.1) is 0 Å². The highest BCUT2D eigenvalue weighted by Crippen LogP contribution is 2.38. The van der Waals surface area contributed by atoms with Crippen molar-refractivity contribution >= 4 is 43.4 Å². The molecule has 1 heterocycles. The number of para-hydroxylation sites is 1. The summed E-state index contributed by atoms with van der Waals surface area (Å²) >= 11 is 0. The Labute approximate surface area is 232 Å². The zero-order valence-electron chi connectivity index (χ0n) is 22.2. The van der Waals surface area contributed by atoms with Gasteiger partial charge in [0.05, 0.1) is 10.2 Å². The molecule has 0 bridgehead atoms. The smallest absolute Gasteiger partial charge is 0.205 e. The van der Waals surface area contributed by atoms with Crippen molar-refractivity contribution in [1.82, 2.24) is 5.10 Å². The van der Waals surface area contributed by atoms with Gasteiger partial charge in [-0.3, -0.25) is 0 Å². The van der Waals surface area contributed by atoms with Crippen molar-refractivity contribution in [1.29, 1.82) is 0 Å². The number of fused-ring (bicyclic) bond motifs is 2. The van der Waals surface area contributed by atoms with Crippen LogP contribution in [0.2, 0.25) is 0 Å². The SMILES string of the molecule is CC(c1ccccc1)[n+]1c(-c2ccccc2)n[n+](-c2ccccc2)c2cc3ccc4cccc5ccc(c3c45)c21. The maximum Gasteiger partial charge on any atom is 0.405 e. The van der Waals surface area contributed by atoms with Crippen molar-refractivity contribution in [3.8, 4) is 17.1 Å². The molecule has 0 fully saturated rings. The fourth-order valence-corrected chi connectivity index (χ4v) is 6.31. The molecule has 3 heteroatoms. The Hall–Kier alpha value is -5.15. The quantitative estimate of drug-likeness (QED) is 0.133. The zero-order chi connectivity index (χ0) is 26.6. The van der Waals surface area contributed by atoms with Crippen molar-refractivity contribution in [2.75, 3.05) is 0 Å². The minimum absolute atomic E-state index is 0.0512. The van der Waals surface area contributed by atoms with Gasteiger partial charge in [-0.25, -0.2) is 4.57 Å². The maximum atomic E-state index is 5.40. The van der Waals surface area contributed by atoms with Gasteiger partial charge < -0.3 is 0 Å². The predicted octanol–water partition coefficient (Wildman–Crippen LogP) is 7.97. The number of hydrogen-bond donors (Lipinski definition) is 0. The standard InChI is InChI=1S/C37H27N3/c1-25(26-12-5-2-6-13-26)39-36-32-23-22-28-17-11-16-27-20-21-30(35(32)34(27)28)24-33(36)40(31-18-9-4-10-19-31)38-37(39)29-14-7-3-8-15-29/h2-25H,1H3/q+2. The molecular weight excluding hydrogens is 486 g/mol. The van der Waals surface area contributed by atoms with E-state index in [1.165, 1.54) is 43.4 Å². The summed E-state index contributed by atoms with van der Waals surface area (Å²) in [4.78, 5) is 0. The van der Waals surface area contributed by atoms with Gasteiger partial charge in [0.25, 0.3) is 5.69 Å². The first-order chi connectivity index (χ1) is 19.8. The Bertz CT molecular complexity index is 2140. The summed E-state index contributed by atoms with van der Waals surface area (Å²) in [5.41, 5.74) is 5.63. The van der Waals surface area contributed by atoms with Crippen molar-refractivity contribution in [2.24, 2.45) is 0 Å². The zero-order valence-corrected chi connectivity index (χ0v) is 22.2. The van der Waals surface area contributed by atoms with Gasteiger partial charge in [-0.2, -0.15) is 0 Å². The first-order valence-electron chi connectivity index (χ1n) is 13.8. The van der Waals surface area contributed by atoms with E-state index in [9.17, 15) is 0 Å². The second kappa shape index (κ2) is 8.96. The molecule has 0 aliphatic rings. The van der Waals surface area contributed by atoms with E-state index >= 15 is 0 Å². The fraction of sp³-hybridized carbons (Fsp3) is 0.0541. The van der Waals surface area contributed by atoms with E-state index in [4.69, 9.17) is 5.10 Å². The Morgan fingerprint density at radius 1 is 0.575 bits per heavy atom. The minimum Gasteiger partial charge on any atom is -0.205 e. The Kier molecular flexibility index (Phi) is 5.11. The van der Waals surface area contributed by atoms with Crippen molar-refractivity contribution in [3.63, 3.8) is 0 Å².